The maximum absolute atomic E-state index is 5.72. The van der Waals surface area contributed by atoms with Gasteiger partial charge in [-0.25, -0.2) is 0 Å². The molecule has 1 aromatic carbocycles. The molecule has 1 saturated heterocycles. The van der Waals surface area contributed by atoms with Crippen molar-refractivity contribution in [1.82, 2.24) is 5.32 Å². The van der Waals surface area contributed by atoms with Crippen LogP contribution < -0.4 is 5.32 Å². The van der Waals surface area contributed by atoms with Crippen LogP contribution >= 0.6 is 0 Å². The highest BCUT2D eigenvalue weighted by Gasteiger charge is 2.14. The molecule has 19 heavy (non-hydrogen) atoms. The Morgan fingerprint density at radius 1 is 1.26 bits per heavy atom. The molecule has 1 aliphatic rings. The van der Waals surface area contributed by atoms with E-state index in [1.54, 1.807) is 0 Å². The first kappa shape index (κ1) is 14.5. The van der Waals surface area contributed by atoms with Gasteiger partial charge >= 0.3 is 0 Å². The summed E-state index contributed by atoms with van der Waals surface area (Å²) in [5.74, 6) is 0. The third-order valence-corrected chi connectivity index (χ3v) is 3.40. The second-order valence-electron chi connectivity index (χ2n) is 6.16. The molecule has 0 aliphatic carbocycles. The molecular weight excluding hydrogens is 238 g/mol. The van der Waals surface area contributed by atoms with Crippen molar-refractivity contribution in [2.45, 2.75) is 38.9 Å². The molecule has 3 heteroatoms. The summed E-state index contributed by atoms with van der Waals surface area (Å²) in [5.41, 5.74) is 2.79. The minimum atomic E-state index is 0.197. The lowest BCUT2D eigenvalue weighted by Crippen LogP contribution is -2.40. The van der Waals surface area contributed by atoms with Crippen LogP contribution in [0.4, 0.5) is 0 Å². The summed E-state index contributed by atoms with van der Waals surface area (Å²) in [6, 6.07) is 8.69. The van der Waals surface area contributed by atoms with Crippen LogP contribution in [-0.4, -0.2) is 32.4 Å². The Labute approximate surface area is 116 Å². The first-order valence-electron chi connectivity index (χ1n) is 7.05. The lowest BCUT2D eigenvalue weighted by Gasteiger charge is -2.23. The predicted octanol–water partition coefficient (Wildman–Crippen LogP) is 2.49. The van der Waals surface area contributed by atoms with E-state index in [2.05, 4.69) is 50.4 Å². The quantitative estimate of drug-likeness (QED) is 0.905. The summed E-state index contributed by atoms with van der Waals surface area (Å²) in [4.78, 5) is 0. The van der Waals surface area contributed by atoms with Crippen LogP contribution in [0.25, 0.3) is 0 Å². The molecule has 0 bridgehead atoms. The van der Waals surface area contributed by atoms with Gasteiger partial charge in [-0.05, 0) is 16.5 Å². The number of hydrogen-bond acceptors (Lipinski definition) is 3. The molecule has 1 aliphatic heterocycles. The van der Waals surface area contributed by atoms with Crippen LogP contribution in [0.5, 0.6) is 0 Å². The van der Waals surface area contributed by atoms with Crippen molar-refractivity contribution in [2.24, 2.45) is 0 Å². The van der Waals surface area contributed by atoms with Gasteiger partial charge in [0.15, 0.2) is 0 Å². The maximum Gasteiger partial charge on any atom is 0.0933 e. The van der Waals surface area contributed by atoms with Gasteiger partial charge in [0.1, 0.15) is 0 Å². The van der Waals surface area contributed by atoms with Crippen molar-refractivity contribution < 1.29 is 9.47 Å². The number of nitrogens with one attached hydrogen (secondary N) is 1. The fraction of sp³-hybridized carbons (Fsp3) is 0.625. The van der Waals surface area contributed by atoms with Gasteiger partial charge in [-0.2, -0.15) is 0 Å². The van der Waals surface area contributed by atoms with Gasteiger partial charge in [-0.1, -0.05) is 45.0 Å². The van der Waals surface area contributed by atoms with E-state index < -0.39 is 0 Å². The molecule has 1 fully saturated rings. The van der Waals surface area contributed by atoms with Crippen LogP contribution in [0.15, 0.2) is 24.3 Å². The summed E-state index contributed by atoms with van der Waals surface area (Å²) in [6.45, 7) is 10.6. The molecule has 2 rings (SSSR count). The lowest BCUT2D eigenvalue weighted by atomic mass is 9.87. The van der Waals surface area contributed by atoms with E-state index in [9.17, 15) is 0 Å². The topological polar surface area (TPSA) is 30.5 Å². The minimum Gasteiger partial charge on any atom is -0.374 e. The summed E-state index contributed by atoms with van der Waals surface area (Å²) < 4.78 is 11.3. The van der Waals surface area contributed by atoms with Crippen LogP contribution in [0.3, 0.4) is 0 Å². The highest BCUT2D eigenvalue weighted by Crippen LogP contribution is 2.22. The fourth-order valence-electron chi connectivity index (χ4n) is 2.14. The first-order chi connectivity index (χ1) is 9.05. The zero-order valence-corrected chi connectivity index (χ0v) is 12.2. The first-order valence-corrected chi connectivity index (χ1v) is 7.05. The van der Waals surface area contributed by atoms with Crippen molar-refractivity contribution in [3.63, 3.8) is 0 Å². The SMILES string of the molecule is CC(C)(C)c1ccc(COCC2CNCCO2)cc1. The van der Waals surface area contributed by atoms with E-state index in [-0.39, 0.29) is 11.5 Å². The maximum atomic E-state index is 5.72. The summed E-state index contributed by atoms with van der Waals surface area (Å²) in [7, 11) is 0. The molecule has 1 N–H and O–H groups in total. The van der Waals surface area contributed by atoms with E-state index in [1.165, 1.54) is 11.1 Å². The van der Waals surface area contributed by atoms with Crippen molar-refractivity contribution in [1.29, 1.82) is 0 Å². The molecule has 0 aromatic heterocycles. The van der Waals surface area contributed by atoms with Crippen LogP contribution in [0.1, 0.15) is 31.9 Å². The van der Waals surface area contributed by atoms with Gasteiger partial charge in [0.25, 0.3) is 0 Å². The van der Waals surface area contributed by atoms with Crippen LogP contribution in [0.2, 0.25) is 0 Å². The third-order valence-electron chi connectivity index (χ3n) is 3.40. The molecule has 0 amide bonds. The van der Waals surface area contributed by atoms with Gasteiger partial charge < -0.3 is 14.8 Å². The van der Waals surface area contributed by atoms with Crippen molar-refractivity contribution in [2.75, 3.05) is 26.3 Å². The number of ether oxygens (including phenoxy) is 2. The lowest BCUT2D eigenvalue weighted by molar-refractivity contribution is -0.0357. The normalized spacial score (nSPS) is 20.5. The highest BCUT2D eigenvalue weighted by molar-refractivity contribution is 5.27. The van der Waals surface area contributed by atoms with E-state index >= 15 is 0 Å². The van der Waals surface area contributed by atoms with Gasteiger partial charge in [-0.15, -0.1) is 0 Å². The molecule has 1 unspecified atom stereocenters. The molecule has 106 valence electrons. The Morgan fingerprint density at radius 3 is 2.58 bits per heavy atom. The van der Waals surface area contributed by atoms with E-state index in [4.69, 9.17) is 9.47 Å². The van der Waals surface area contributed by atoms with Gasteiger partial charge in [-0.3, -0.25) is 0 Å². The standard InChI is InChI=1S/C16H25NO2/c1-16(2,3)14-6-4-13(5-7-14)11-18-12-15-10-17-8-9-19-15/h4-7,15,17H,8-12H2,1-3H3. The Balaban J connectivity index is 1.76. The van der Waals surface area contributed by atoms with Crippen LogP contribution in [-0.2, 0) is 21.5 Å². The van der Waals surface area contributed by atoms with Crippen molar-refractivity contribution >= 4 is 0 Å². The Kier molecular flexibility index (Phi) is 4.97. The van der Waals surface area contributed by atoms with Crippen LogP contribution in [0, 0.1) is 0 Å². The fourth-order valence-corrected chi connectivity index (χ4v) is 2.14. The van der Waals surface area contributed by atoms with E-state index in [1.807, 2.05) is 0 Å². The van der Waals surface area contributed by atoms with Gasteiger partial charge in [0, 0.05) is 13.1 Å². The Hall–Kier alpha value is -0.900. The van der Waals surface area contributed by atoms with Gasteiger partial charge in [0.2, 0.25) is 0 Å². The zero-order chi connectivity index (χ0) is 13.7. The van der Waals surface area contributed by atoms with Crippen molar-refractivity contribution in [3.05, 3.63) is 35.4 Å². The smallest absolute Gasteiger partial charge is 0.0933 e. The Morgan fingerprint density at radius 2 is 2.00 bits per heavy atom. The summed E-state index contributed by atoms with van der Waals surface area (Å²) in [5, 5.41) is 3.30. The number of benzene rings is 1. The molecule has 0 saturated carbocycles. The number of rotatable bonds is 4. The Bertz CT molecular complexity index is 375. The molecule has 1 heterocycles. The predicted molar refractivity (Wildman–Crippen MR) is 77.4 cm³/mol. The zero-order valence-electron chi connectivity index (χ0n) is 12.2. The largest absolute Gasteiger partial charge is 0.374 e. The highest BCUT2D eigenvalue weighted by atomic mass is 16.5. The molecule has 1 aromatic rings. The molecule has 1 atom stereocenters. The summed E-state index contributed by atoms with van der Waals surface area (Å²) >= 11 is 0. The minimum absolute atomic E-state index is 0.197. The third kappa shape index (κ3) is 4.60. The average Bonchev–Trinajstić information content (AvgIpc) is 2.39. The number of hydrogen-bond donors (Lipinski definition) is 1. The van der Waals surface area contributed by atoms with E-state index in [0.29, 0.717) is 13.2 Å². The molecular formula is C16H25NO2. The second-order valence-corrected chi connectivity index (χ2v) is 6.16. The second kappa shape index (κ2) is 6.51. The molecule has 0 spiro atoms. The van der Waals surface area contributed by atoms with Gasteiger partial charge in [0.05, 0.1) is 25.9 Å². The molecule has 0 radical (unpaired) electrons. The summed E-state index contributed by atoms with van der Waals surface area (Å²) in [6.07, 6.45) is 0.197. The average molecular weight is 263 g/mol. The monoisotopic (exact) mass is 263 g/mol. The molecule has 3 nitrogen and oxygen atoms in total. The van der Waals surface area contributed by atoms with Crippen molar-refractivity contribution in [3.8, 4) is 0 Å². The van der Waals surface area contributed by atoms with E-state index in [0.717, 1.165) is 19.7 Å². The number of morpholine rings is 1.